The molecular formula is C30H34N4O4. The first-order valence-electron chi connectivity index (χ1n) is 13.1. The Balaban J connectivity index is 1.51. The van der Waals surface area contributed by atoms with Crippen LogP contribution in [0.3, 0.4) is 0 Å². The Morgan fingerprint density at radius 1 is 0.974 bits per heavy atom. The van der Waals surface area contributed by atoms with Gasteiger partial charge in [0.1, 0.15) is 0 Å². The van der Waals surface area contributed by atoms with Crippen LogP contribution in [0.15, 0.2) is 72.8 Å². The van der Waals surface area contributed by atoms with E-state index in [1.807, 2.05) is 26.0 Å². The zero-order chi connectivity index (χ0) is 27.1. The highest BCUT2D eigenvalue weighted by atomic mass is 16.6. The van der Waals surface area contributed by atoms with E-state index >= 15 is 0 Å². The summed E-state index contributed by atoms with van der Waals surface area (Å²) in [6, 6.07) is 21.4. The SMILES string of the molecule is CC(C)CNC(=O)c1cc(NC(=O)c2cccc([N+](=O)[O-])c2)ccc1N1CCC(Cc2ccccc2)CC1. The highest BCUT2D eigenvalue weighted by molar-refractivity contribution is 6.06. The number of piperidine rings is 1. The molecule has 0 saturated carbocycles. The molecule has 38 heavy (non-hydrogen) atoms. The lowest BCUT2D eigenvalue weighted by Gasteiger charge is -2.35. The number of nitrogens with zero attached hydrogens (tertiary/aromatic N) is 2. The number of benzene rings is 3. The van der Waals surface area contributed by atoms with Crippen LogP contribution in [-0.2, 0) is 6.42 Å². The predicted molar refractivity (Wildman–Crippen MR) is 150 cm³/mol. The summed E-state index contributed by atoms with van der Waals surface area (Å²) in [7, 11) is 0. The molecule has 1 aliphatic rings. The fraction of sp³-hybridized carbons (Fsp3) is 0.333. The zero-order valence-corrected chi connectivity index (χ0v) is 21.9. The molecule has 0 atom stereocenters. The van der Waals surface area contributed by atoms with Crippen LogP contribution in [0, 0.1) is 22.0 Å². The summed E-state index contributed by atoms with van der Waals surface area (Å²) in [6.07, 6.45) is 3.12. The normalized spacial score (nSPS) is 13.8. The standard InChI is InChI=1S/C30H34N4O4/c1-21(2)20-31-30(36)27-19-25(32-29(35)24-9-6-10-26(18-24)34(37)38)11-12-28(27)33-15-13-23(14-16-33)17-22-7-4-3-5-8-22/h3-12,18-19,21,23H,13-17,20H2,1-2H3,(H,31,36)(H,32,35). The second-order valence-corrected chi connectivity index (χ2v) is 10.2. The van der Waals surface area contributed by atoms with Gasteiger partial charge in [-0.25, -0.2) is 0 Å². The van der Waals surface area contributed by atoms with E-state index in [0.717, 1.165) is 38.0 Å². The van der Waals surface area contributed by atoms with Gasteiger partial charge in [0.2, 0.25) is 0 Å². The molecule has 0 spiro atoms. The number of nitro groups is 1. The molecule has 8 heteroatoms. The molecule has 8 nitrogen and oxygen atoms in total. The smallest absolute Gasteiger partial charge is 0.270 e. The van der Waals surface area contributed by atoms with E-state index in [4.69, 9.17) is 0 Å². The van der Waals surface area contributed by atoms with Gasteiger partial charge >= 0.3 is 0 Å². The third-order valence-electron chi connectivity index (χ3n) is 6.81. The maximum absolute atomic E-state index is 13.2. The molecule has 1 heterocycles. The summed E-state index contributed by atoms with van der Waals surface area (Å²) < 4.78 is 0. The van der Waals surface area contributed by atoms with E-state index in [1.54, 1.807) is 12.1 Å². The number of anilines is 2. The van der Waals surface area contributed by atoms with Crippen molar-refractivity contribution in [2.45, 2.75) is 33.1 Å². The number of rotatable bonds is 9. The summed E-state index contributed by atoms with van der Waals surface area (Å²) >= 11 is 0. The van der Waals surface area contributed by atoms with E-state index < -0.39 is 10.8 Å². The van der Waals surface area contributed by atoms with Crippen molar-refractivity contribution in [3.63, 3.8) is 0 Å². The van der Waals surface area contributed by atoms with Crippen molar-refractivity contribution >= 4 is 28.9 Å². The van der Waals surface area contributed by atoms with Crippen LogP contribution in [0.1, 0.15) is 53.0 Å². The second kappa shape index (κ2) is 12.4. The van der Waals surface area contributed by atoms with E-state index in [2.05, 4.69) is 39.8 Å². The van der Waals surface area contributed by atoms with Crippen molar-refractivity contribution in [2.24, 2.45) is 11.8 Å². The summed E-state index contributed by atoms with van der Waals surface area (Å²) in [5, 5.41) is 16.9. The molecule has 0 aliphatic carbocycles. The van der Waals surface area contributed by atoms with Gasteiger partial charge in [-0.05, 0) is 60.9 Å². The maximum Gasteiger partial charge on any atom is 0.270 e. The lowest BCUT2D eigenvalue weighted by molar-refractivity contribution is -0.384. The molecule has 4 rings (SSSR count). The number of carbonyl (C=O) groups is 2. The van der Waals surface area contributed by atoms with Crippen molar-refractivity contribution in [3.05, 3.63) is 99.6 Å². The Labute approximate surface area is 223 Å². The largest absolute Gasteiger partial charge is 0.371 e. The first kappa shape index (κ1) is 26.9. The predicted octanol–water partition coefficient (Wildman–Crippen LogP) is 5.69. The minimum Gasteiger partial charge on any atom is -0.371 e. The molecule has 0 bridgehead atoms. The summed E-state index contributed by atoms with van der Waals surface area (Å²) in [5.41, 5.74) is 3.18. The van der Waals surface area contributed by atoms with Gasteiger partial charge in [0.05, 0.1) is 10.5 Å². The lowest BCUT2D eigenvalue weighted by Crippen LogP contribution is -2.36. The van der Waals surface area contributed by atoms with Crippen molar-refractivity contribution in [3.8, 4) is 0 Å². The van der Waals surface area contributed by atoms with Crippen LogP contribution >= 0.6 is 0 Å². The molecule has 0 aromatic heterocycles. The molecule has 1 aliphatic heterocycles. The van der Waals surface area contributed by atoms with Crippen molar-refractivity contribution in [2.75, 3.05) is 29.9 Å². The molecule has 1 saturated heterocycles. The van der Waals surface area contributed by atoms with Gasteiger partial charge in [-0.2, -0.15) is 0 Å². The van der Waals surface area contributed by atoms with Gasteiger partial charge in [-0.1, -0.05) is 50.2 Å². The van der Waals surface area contributed by atoms with Crippen LogP contribution in [0.5, 0.6) is 0 Å². The molecule has 0 radical (unpaired) electrons. The number of non-ortho nitro benzene ring substituents is 1. The Bertz CT molecular complexity index is 1280. The van der Waals surface area contributed by atoms with E-state index in [1.165, 1.54) is 29.8 Å². The molecule has 2 N–H and O–H groups in total. The number of carbonyl (C=O) groups excluding carboxylic acids is 2. The molecule has 0 unspecified atom stereocenters. The topological polar surface area (TPSA) is 105 Å². The number of nitrogens with one attached hydrogen (secondary N) is 2. The monoisotopic (exact) mass is 514 g/mol. The minimum absolute atomic E-state index is 0.155. The van der Waals surface area contributed by atoms with Crippen LogP contribution in [-0.4, -0.2) is 36.4 Å². The molecule has 3 aromatic carbocycles. The Morgan fingerprint density at radius 2 is 1.71 bits per heavy atom. The number of hydrogen-bond acceptors (Lipinski definition) is 5. The van der Waals surface area contributed by atoms with Gasteiger partial charge < -0.3 is 15.5 Å². The van der Waals surface area contributed by atoms with Crippen LogP contribution in [0.2, 0.25) is 0 Å². The van der Waals surface area contributed by atoms with Crippen LogP contribution in [0.4, 0.5) is 17.1 Å². The third kappa shape index (κ3) is 6.97. The van der Waals surface area contributed by atoms with Gasteiger partial charge in [-0.15, -0.1) is 0 Å². The summed E-state index contributed by atoms with van der Waals surface area (Å²) in [5.74, 6) is 0.233. The fourth-order valence-corrected chi connectivity index (χ4v) is 4.75. The van der Waals surface area contributed by atoms with Crippen molar-refractivity contribution in [1.29, 1.82) is 0 Å². The number of hydrogen-bond donors (Lipinski definition) is 2. The highest BCUT2D eigenvalue weighted by Crippen LogP contribution is 2.30. The Hall–Kier alpha value is -4.20. The lowest BCUT2D eigenvalue weighted by atomic mass is 9.89. The molecule has 198 valence electrons. The molecule has 3 aromatic rings. The average molecular weight is 515 g/mol. The number of nitro benzene ring substituents is 1. The summed E-state index contributed by atoms with van der Waals surface area (Å²) in [6.45, 7) is 6.31. The first-order chi connectivity index (χ1) is 18.3. The first-order valence-corrected chi connectivity index (χ1v) is 13.1. The van der Waals surface area contributed by atoms with E-state index in [0.29, 0.717) is 29.6 Å². The molecular weight excluding hydrogens is 480 g/mol. The number of amides is 2. The van der Waals surface area contributed by atoms with Gasteiger partial charge in [0.25, 0.3) is 17.5 Å². The van der Waals surface area contributed by atoms with Gasteiger partial charge in [0.15, 0.2) is 0 Å². The van der Waals surface area contributed by atoms with Crippen molar-refractivity contribution in [1.82, 2.24) is 5.32 Å². The molecule has 1 fully saturated rings. The van der Waals surface area contributed by atoms with Crippen molar-refractivity contribution < 1.29 is 14.5 Å². The Morgan fingerprint density at radius 3 is 2.39 bits per heavy atom. The van der Waals surface area contributed by atoms with E-state index in [9.17, 15) is 19.7 Å². The zero-order valence-electron chi connectivity index (χ0n) is 21.9. The maximum atomic E-state index is 13.2. The third-order valence-corrected chi connectivity index (χ3v) is 6.81. The van der Waals surface area contributed by atoms with Crippen LogP contribution in [0.25, 0.3) is 0 Å². The highest BCUT2D eigenvalue weighted by Gasteiger charge is 2.24. The minimum atomic E-state index is -0.536. The second-order valence-electron chi connectivity index (χ2n) is 10.2. The Kier molecular flexibility index (Phi) is 8.73. The van der Waals surface area contributed by atoms with Gasteiger partial charge in [-0.3, -0.25) is 19.7 Å². The average Bonchev–Trinajstić information content (AvgIpc) is 2.93. The fourth-order valence-electron chi connectivity index (χ4n) is 4.75. The summed E-state index contributed by atoms with van der Waals surface area (Å²) in [4.78, 5) is 38.8. The van der Waals surface area contributed by atoms with E-state index in [-0.39, 0.29) is 17.2 Å². The van der Waals surface area contributed by atoms with Gasteiger partial charge in [0, 0.05) is 48.7 Å². The molecule has 2 amide bonds. The van der Waals surface area contributed by atoms with Crippen LogP contribution < -0.4 is 15.5 Å². The quantitative estimate of drug-likeness (QED) is 0.282.